The molecule has 1 aliphatic heterocycles. The van der Waals surface area contributed by atoms with Crippen molar-refractivity contribution in [1.29, 1.82) is 0 Å². The number of thioether (sulfide) groups is 1. The Hall–Kier alpha value is -1.48. The van der Waals surface area contributed by atoms with Crippen LogP contribution in [-0.4, -0.2) is 27.4 Å². The maximum absolute atomic E-state index is 12.7. The molecule has 0 N–H and O–H groups in total. The summed E-state index contributed by atoms with van der Waals surface area (Å²) in [6.45, 7) is 0. The molecule has 0 fully saturated rings. The van der Waals surface area contributed by atoms with Crippen LogP contribution in [0.1, 0.15) is 22.2 Å². The Morgan fingerprint density at radius 2 is 2.08 bits per heavy atom. The third-order valence-electron chi connectivity index (χ3n) is 3.57. The van der Waals surface area contributed by atoms with Gasteiger partial charge < -0.3 is 0 Å². The smallest absolute Gasteiger partial charge is 0.253 e. The molecule has 1 unspecified atom stereocenters. The lowest BCUT2D eigenvalue weighted by Gasteiger charge is -2.20. The molecule has 4 heterocycles. The van der Waals surface area contributed by atoms with Gasteiger partial charge in [0.25, 0.3) is 5.91 Å². The molecule has 1 atom stereocenters. The highest BCUT2D eigenvalue weighted by molar-refractivity contribution is 8.01. The lowest BCUT2D eigenvalue weighted by molar-refractivity contribution is -0.130. The van der Waals surface area contributed by atoms with Gasteiger partial charge in [-0.3, -0.25) is 4.79 Å². The number of hydrogen-bond donors (Lipinski definition) is 0. The predicted octanol–water partition coefficient (Wildman–Crippen LogP) is 4.74. The summed E-state index contributed by atoms with van der Waals surface area (Å²) in [6, 6.07) is 8.19. The Balaban J connectivity index is 1.55. The SMILES string of the molecule is O=C(CSc1nccs1)N1N=C(c2cccs2)CC1c1cccs1. The molecule has 0 aliphatic carbocycles. The molecule has 24 heavy (non-hydrogen) atoms. The lowest BCUT2D eigenvalue weighted by Crippen LogP contribution is -2.28. The minimum Gasteiger partial charge on any atom is -0.272 e. The zero-order valence-electron chi connectivity index (χ0n) is 12.5. The summed E-state index contributed by atoms with van der Waals surface area (Å²) in [6.07, 6.45) is 2.53. The van der Waals surface area contributed by atoms with Crippen LogP contribution in [0.15, 0.2) is 56.0 Å². The molecule has 0 spiro atoms. The van der Waals surface area contributed by atoms with Gasteiger partial charge in [-0.1, -0.05) is 23.9 Å². The highest BCUT2D eigenvalue weighted by Gasteiger charge is 2.33. The van der Waals surface area contributed by atoms with Gasteiger partial charge in [-0.05, 0) is 22.9 Å². The van der Waals surface area contributed by atoms with E-state index in [0.29, 0.717) is 5.75 Å². The molecule has 8 heteroatoms. The van der Waals surface area contributed by atoms with Crippen molar-refractivity contribution in [2.75, 3.05) is 5.75 Å². The number of nitrogens with zero attached hydrogens (tertiary/aromatic N) is 3. The van der Waals surface area contributed by atoms with Gasteiger partial charge in [0.2, 0.25) is 0 Å². The first-order chi connectivity index (χ1) is 11.8. The summed E-state index contributed by atoms with van der Waals surface area (Å²) in [7, 11) is 0. The zero-order valence-corrected chi connectivity index (χ0v) is 15.8. The number of thiophene rings is 2. The van der Waals surface area contributed by atoms with Crippen LogP contribution in [-0.2, 0) is 4.79 Å². The second-order valence-corrected chi connectivity index (χ2v) is 9.13. The maximum Gasteiger partial charge on any atom is 0.253 e. The van der Waals surface area contributed by atoms with E-state index in [2.05, 4.69) is 22.2 Å². The first-order valence-electron chi connectivity index (χ1n) is 7.30. The van der Waals surface area contributed by atoms with Crippen molar-refractivity contribution >= 4 is 57.4 Å². The highest BCUT2D eigenvalue weighted by Crippen LogP contribution is 2.36. The fourth-order valence-corrected chi connectivity index (χ4v) is 5.53. The number of carbonyl (C=O) groups excluding carboxylic acids is 1. The Labute approximate surface area is 155 Å². The predicted molar refractivity (Wildman–Crippen MR) is 102 cm³/mol. The molecule has 0 saturated heterocycles. The van der Waals surface area contributed by atoms with Gasteiger partial charge >= 0.3 is 0 Å². The molecule has 4 nitrogen and oxygen atoms in total. The standard InChI is InChI=1S/C16H13N3OS4/c20-15(10-24-16-17-5-8-23-16)19-12(14-4-2-7-22-14)9-11(18-19)13-3-1-6-21-13/h1-8,12H,9-10H2. The van der Waals surface area contributed by atoms with E-state index in [1.165, 1.54) is 16.6 Å². The van der Waals surface area contributed by atoms with Crippen molar-refractivity contribution in [2.24, 2.45) is 5.10 Å². The minimum atomic E-state index is 0.00601. The Bertz CT molecular complexity index is 825. The normalized spacial score (nSPS) is 17.2. The topological polar surface area (TPSA) is 45.6 Å². The fraction of sp³-hybridized carbons (Fsp3) is 0.188. The van der Waals surface area contributed by atoms with E-state index in [4.69, 9.17) is 0 Å². The number of amides is 1. The Kier molecular flexibility index (Phi) is 4.79. The third-order valence-corrected chi connectivity index (χ3v) is 7.42. The van der Waals surface area contributed by atoms with Gasteiger partial charge in [0.05, 0.1) is 22.4 Å². The van der Waals surface area contributed by atoms with Gasteiger partial charge in [0, 0.05) is 22.9 Å². The maximum atomic E-state index is 12.7. The molecule has 0 radical (unpaired) electrons. The summed E-state index contributed by atoms with van der Waals surface area (Å²) in [4.78, 5) is 19.3. The molecule has 122 valence electrons. The zero-order chi connectivity index (χ0) is 16.4. The van der Waals surface area contributed by atoms with Crippen LogP contribution in [0.3, 0.4) is 0 Å². The lowest BCUT2D eigenvalue weighted by atomic mass is 10.1. The van der Waals surface area contributed by atoms with Crippen LogP contribution in [0.4, 0.5) is 0 Å². The number of carbonyl (C=O) groups is 1. The van der Waals surface area contributed by atoms with E-state index < -0.39 is 0 Å². The van der Waals surface area contributed by atoms with Gasteiger partial charge in [0.15, 0.2) is 0 Å². The summed E-state index contributed by atoms with van der Waals surface area (Å²) in [5.74, 6) is 0.386. The number of thiazole rings is 1. The average molecular weight is 392 g/mol. The fourth-order valence-electron chi connectivity index (χ4n) is 2.51. The van der Waals surface area contributed by atoms with Crippen molar-refractivity contribution < 1.29 is 4.79 Å². The van der Waals surface area contributed by atoms with Gasteiger partial charge in [-0.15, -0.1) is 34.0 Å². The number of rotatable bonds is 5. The Morgan fingerprint density at radius 3 is 2.79 bits per heavy atom. The summed E-state index contributed by atoms with van der Waals surface area (Å²) < 4.78 is 0.915. The molecule has 3 aromatic rings. The molecule has 4 rings (SSSR count). The molecule has 0 aromatic carbocycles. The number of hydrazone groups is 1. The summed E-state index contributed by atoms with van der Waals surface area (Å²) in [5, 5.41) is 12.3. The van der Waals surface area contributed by atoms with Crippen molar-refractivity contribution in [3.05, 3.63) is 56.4 Å². The van der Waals surface area contributed by atoms with Crippen molar-refractivity contribution in [3.63, 3.8) is 0 Å². The number of hydrogen-bond acceptors (Lipinski definition) is 7. The molecule has 3 aromatic heterocycles. The summed E-state index contributed by atoms with van der Waals surface area (Å²) in [5.41, 5.74) is 0.996. The van der Waals surface area contributed by atoms with Gasteiger partial charge in [0.1, 0.15) is 4.34 Å². The Morgan fingerprint density at radius 1 is 1.21 bits per heavy atom. The molecule has 0 bridgehead atoms. The van der Waals surface area contributed by atoms with E-state index in [-0.39, 0.29) is 11.9 Å². The van der Waals surface area contributed by atoms with E-state index >= 15 is 0 Å². The van der Waals surface area contributed by atoms with Crippen molar-refractivity contribution in [2.45, 2.75) is 16.8 Å². The van der Waals surface area contributed by atoms with Crippen LogP contribution in [0.2, 0.25) is 0 Å². The van der Waals surface area contributed by atoms with E-state index in [0.717, 1.165) is 21.3 Å². The number of aromatic nitrogens is 1. The van der Waals surface area contributed by atoms with Gasteiger partial charge in [-0.25, -0.2) is 9.99 Å². The molecule has 1 amide bonds. The van der Waals surface area contributed by atoms with Crippen LogP contribution in [0.25, 0.3) is 0 Å². The first kappa shape index (κ1) is 16.0. The highest BCUT2D eigenvalue weighted by atomic mass is 32.2. The van der Waals surface area contributed by atoms with Crippen LogP contribution in [0, 0.1) is 0 Å². The van der Waals surface area contributed by atoms with Gasteiger partial charge in [-0.2, -0.15) is 5.10 Å². The van der Waals surface area contributed by atoms with E-state index in [1.807, 2.05) is 28.3 Å². The molecule has 1 aliphatic rings. The largest absolute Gasteiger partial charge is 0.272 e. The van der Waals surface area contributed by atoms with E-state index in [9.17, 15) is 4.79 Å². The van der Waals surface area contributed by atoms with Crippen LogP contribution < -0.4 is 0 Å². The molecule has 0 saturated carbocycles. The third kappa shape index (κ3) is 3.32. The summed E-state index contributed by atoms with van der Waals surface area (Å²) >= 11 is 6.37. The quantitative estimate of drug-likeness (QED) is 0.590. The first-order valence-corrected chi connectivity index (χ1v) is 10.9. The second kappa shape index (κ2) is 7.18. The van der Waals surface area contributed by atoms with Crippen LogP contribution in [0.5, 0.6) is 0 Å². The average Bonchev–Trinajstić information content (AvgIpc) is 3.40. The molecular formula is C16H13N3OS4. The minimum absolute atomic E-state index is 0.00601. The van der Waals surface area contributed by atoms with E-state index in [1.54, 1.807) is 45.2 Å². The van der Waals surface area contributed by atoms with Crippen molar-refractivity contribution in [1.82, 2.24) is 9.99 Å². The van der Waals surface area contributed by atoms with Crippen molar-refractivity contribution in [3.8, 4) is 0 Å². The second-order valence-electron chi connectivity index (χ2n) is 5.08. The van der Waals surface area contributed by atoms with Crippen LogP contribution >= 0.6 is 45.8 Å². The molecular weight excluding hydrogens is 378 g/mol. The monoisotopic (exact) mass is 391 g/mol.